The number of fused-ring (bicyclic) bond motifs is 2. The highest BCUT2D eigenvalue weighted by Crippen LogP contribution is 2.43. The summed E-state index contributed by atoms with van der Waals surface area (Å²) in [4.78, 5) is 18.2. The first kappa shape index (κ1) is 22.1. The number of hydrogen-bond donors (Lipinski definition) is 0. The average Bonchev–Trinajstić information content (AvgIpc) is 3.18. The van der Waals surface area contributed by atoms with Gasteiger partial charge in [-0.25, -0.2) is 8.78 Å². The molecule has 0 aliphatic carbocycles. The molecule has 1 fully saturated rings. The summed E-state index contributed by atoms with van der Waals surface area (Å²) in [6, 6.07) is 3.73. The molecule has 7 nitrogen and oxygen atoms in total. The molecule has 1 aromatic carbocycles. The van der Waals surface area contributed by atoms with E-state index in [0.29, 0.717) is 38.4 Å². The number of ether oxygens (including phenoxy) is 1. The van der Waals surface area contributed by atoms with Crippen molar-refractivity contribution in [3.8, 4) is 0 Å². The standard InChI is InChI=1S/C24H31F2N5O2/c1-15-12-21-22(13-18(15)23(25)26)30(9-8-28(21)3)24-19-14-29(16(2)32)7-4-20(19)31(27-24)17-5-10-33-11-6-17/h12-13,17,23H,4-11,14H2,1-3H3. The molecule has 3 aliphatic heterocycles. The van der Waals surface area contributed by atoms with Crippen molar-refractivity contribution in [1.29, 1.82) is 0 Å². The van der Waals surface area contributed by atoms with Crippen LogP contribution in [0.2, 0.25) is 0 Å². The summed E-state index contributed by atoms with van der Waals surface area (Å²) in [6.45, 7) is 7.33. The van der Waals surface area contributed by atoms with E-state index in [9.17, 15) is 13.6 Å². The van der Waals surface area contributed by atoms with E-state index in [1.165, 1.54) is 0 Å². The highest BCUT2D eigenvalue weighted by atomic mass is 19.3. The second kappa shape index (κ2) is 8.59. The van der Waals surface area contributed by atoms with Gasteiger partial charge in [-0.1, -0.05) is 0 Å². The van der Waals surface area contributed by atoms with E-state index in [-0.39, 0.29) is 17.5 Å². The van der Waals surface area contributed by atoms with E-state index in [1.54, 1.807) is 19.9 Å². The van der Waals surface area contributed by atoms with E-state index in [2.05, 4.69) is 14.5 Å². The van der Waals surface area contributed by atoms with Gasteiger partial charge in [0.1, 0.15) is 0 Å². The number of alkyl halides is 2. The van der Waals surface area contributed by atoms with Gasteiger partial charge in [0.15, 0.2) is 5.82 Å². The van der Waals surface area contributed by atoms with Gasteiger partial charge >= 0.3 is 0 Å². The normalized spacial score (nSPS) is 19.2. The lowest BCUT2D eigenvalue weighted by Crippen LogP contribution is -2.38. The number of carbonyl (C=O) groups is 1. The molecule has 178 valence electrons. The summed E-state index contributed by atoms with van der Waals surface area (Å²) < 4.78 is 35.3. The van der Waals surface area contributed by atoms with E-state index in [4.69, 9.17) is 9.84 Å². The van der Waals surface area contributed by atoms with Crippen molar-refractivity contribution in [2.45, 2.75) is 52.1 Å². The fraction of sp³-hybridized carbons (Fsp3) is 0.583. The Morgan fingerprint density at radius 1 is 1.15 bits per heavy atom. The molecule has 5 rings (SSSR count). The summed E-state index contributed by atoms with van der Waals surface area (Å²) in [6.07, 6.45) is 0.0119. The molecule has 0 unspecified atom stereocenters. The number of aromatic nitrogens is 2. The number of amides is 1. The van der Waals surface area contributed by atoms with Crippen LogP contribution in [0.1, 0.15) is 54.6 Å². The van der Waals surface area contributed by atoms with Gasteiger partial charge in [-0.05, 0) is 37.5 Å². The van der Waals surface area contributed by atoms with Gasteiger partial charge in [-0.15, -0.1) is 0 Å². The molecule has 9 heteroatoms. The lowest BCUT2D eigenvalue weighted by atomic mass is 10.0. The zero-order valence-corrected chi connectivity index (χ0v) is 19.5. The number of rotatable bonds is 3. The van der Waals surface area contributed by atoms with Crippen LogP contribution in [0.15, 0.2) is 12.1 Å². The molecule has 0 saturated carbocycles. The average molecular weight is 460 g/mol. The molecule has 2 aromatic rings. The maximum atomic E-state index is 13.8. The lowest BCUT2D eigenvalue weighted by molar-refractivity contribution is -0.129. The van der Waals surface area contributed by atoms with Gasteiger partial charge in [0.05, 0.1) is 24.0 Å². The van der Waals surface area contributed by atoms with Crippen molar-refractivity contribution in [2.24, 2.45) is 0 Å². The van der Waals surface area contributed by atoms with Crippen LogP contribution in [0.3, 0.4) is 0 Å². The Labute approximate surface area is 192 Å². The number of nitrogens with zero attached hydrogens (tertiary/aromatic N) is 5. The molecule has 0 spiro atoms. The minimum atomic E-state index is -2.54. The van der Waals surface area contributed by atoms with Gasteiger partial charge < -0.3 is 19.4 Å². The third kappa shape index (κ3) is 3.86. The first-order valence-electron chi connectivity index (χ1n) is 11.7. The van der Waals surface area contributed by atoms with Gasteiger partial charge in [0, 0.05) is 70.1 Å². The molecule has 4 heterocycles. The van der Waals surface area contributed by atoms with Gasteiger partial charge in [0.25, 0.3) is 6.43 Å². The Kier molecular flexibility index (Phi) is 5.76. The fourth-order valence-corrected chi connectivity index (χ4v) is 5.31. The molecule has 1 aromatic heterocycles. The number of likely N-dealkylation sites (N-methyl/N-ethyl adjacent to an activating group) is 1. The summed E-state index contributed by atoms with van der Waals surface area (Å²) in [5.74, 6) is 0.834. The second-order valence-electron chi connectivity index (χ2n) is 9.30. The lowest BCUT2D eigenvalue weighted by Gasteiger charge is -2.37. The highest BCUT2D eigenvalue weighted by Gasteiger charge is 2.34. The van der Waals surface area contributed by atoms with E-state index in [0.717, 1.165) is 54.3 Å². The topological polar surface area (TPSA) is 53.8 Å². The minimum Gasteiger partial charge on any atom is -0.381 e. The van der Waals surface area contributed by atoms with Gasteiger partial charge in [-0.2, -0.15) is 5.10 Å². The molecular formula is C24H31F2N5O2. The van der Waals surface area contributed by atoms with E-state index >= 15 is 0 Å². The van der Waals surface area contributed by atoms with Crippen LogP contribution in [-0.4, -0.2) is 60.5 Å². The third-order valence-electron chi connectivity index (χ3n) is 7.26. The number of hydrogen-bond acceptors (Lipinski definition) is 5. The van der Waals surface area contributed by atoms with Gasteiger partial charge in [0.2, 0.25) is 5.91 Å². The third-order valence-corrected chi connectivity index (χ3v) is 7.26. The summed E-state index contributed by atoms with van der Waals surface area (Å²) in [7, 11) is 1.99. The Balaban J connectivity index is 1.64. The number of carbonyl (C=O) groups excluding carboxylic acids is 1. The molecular weight excluding hydrogens is 428 g/mol. The van der Waals surface area contributed by atoms with Gasteiger partial charge in [-0.3, -0.25) is 9.48 Å². The molecule has 1 saturated heterocycles. The monoisotopic (exact) mass is 459 g/mol. The molecule has 33 heavy (non-hydrogen) atoms. The Morgan fingerprint density at radius 3 is 2.61 bits per heavy atom. The molecule has 3 aliphatic rings. The summed E-state index contributed by atoms with van der Waals surface area (Å²) >= 11 is 0. The van der Waals surface area contributed by atoms with Crippen molar-refractivity contribution in [3.63, 3.8) is 0 Å². The van der Waals surface area contributed by atoms with Crippen molar-refractivity contribution in [2.75, 3.05) is 49.7 Å². The van der Waals surface area contributed by atoms with Crippen LogP contribution < -0.4 is 9.80 Å². The number of aryl methyl sites for hydroxylation is 1. The van der Waals surface area contributed by atoms with Crippen molar-refractivity contribution >= 4 is 23.1 Å². The summed E-state index contributed by atoms with van der Waals surface area (Å²) in [5.41, 5.74) is 4.53. The van der Waals surface area contributed by atoms with E-state index < -0.39 is 6.43 Å². The molecule has 0 N–H and O–H groups in total. The van der Waals surface area contributed by atoms with Crippen molar-refractivity contribution < 1.29 is 18.3 Å². The fourth-order valence-electron chi connectivity index (χ4n) is 5.31. The van der Waals surface area contributed by atoms with E-state index in [1.807, 2.05) is 18.0 Å². The van der Waals surface area contributed by atoms with Crippen LogP contribution >= 0.6 is 0 Å². The SMILES string of the molecule is CC(=O)N1CCc2c(c(N3CCN(C)c4cc(C)c(C(F)F)cc43)nn2C2CCOCC2)C1. The molecule has 0 bridgehead atoms. The molecule has 1 amide bonds. The smallest absolute Gasteiger partial charge is 0.264 e. The second-order valence-corrected chi connectivity index (χ2v) is 9.30. The minimum absolute atomic E-state index is 0.0415. The van der Waals surface area contributed by atoms with Crippen LogP contribution in [0.25, 0.3) is 0 Å². The number of benzene rings is 1. The first-order valence-corrected chi connectivity index (χ1v) is 11.7. The zero-order chi connectivity index (χ0) is 23.3. The van der Waals surface area contributed by atoms with Crippen LogP contribution in [0.5, 0.6) is 0 Å². The van der Waals surface area contributed by atoms with Crippen LogP contribution in [-0.2, 0) is 22.5 Å². The Morgan fingerprint density at radius 2 is 1.91 bits per heavy atom. The summed E-state index contributed by atoms with van der Waals surface area (Å²) in [5, 5.41) is 5.10. The maximum absolute atomic E-state index is 13.8. The highest BCUT2D eigenvalue weighted by molar-refractivity contribution is 5.81. The maximum Gasteiger partial charge on any atom is 0.264 e. The van der Waals surface area contributed by atoms with Crippen molar-refractivity contribution in [3.05, 3.63) is 34.5 Å². The predicted molar refractivity (Wildman–Crippen MR) is 123 cm³/mol. The predicted octanol–water partition coefficient (Wildman–Crippen LogP) is 3.97. The molecule has 0 radical (unpaired) electrons. The van der Waals surface area contributed by atoms with Crippen molar-refractivity contribution in [1.82, 2.24) is 14.7 Å². The molecule has 0 atom stereocenters. The Hall–Kier alpha value is -2.68. The van der Waals surface area contributed by atoms with Crippen LogP contribution in [0.4, 0.5) is 26.0 Å². The number of halogens is 2. The zero-order valence-electron chi connectivity index (χ0n) is 19.5. The quantitative estimate of drug-likeness (QED) is 0.695. The first-order chi connectivity index (χ1) is 15.8. The number of anilines is 3. The Bertz CT molecular complexity index is 1060. The van der Waals surface area contributed by atoms with Crippen LogP contribution in [0, 0.1) is 6.92 Å². The largest absolute Gasteiger partial charge is 0.381 e.